The van der Waals surface area contributed by atoms with E-state index in [9.17, 15) is 9.00 Å². The third-order valence-corrected chi connectivity index (χ3v) is 2.86. The zero-order valence-corrected chi connectivity index (χ0v) is 7.73. The molecule has 0 heterocycles. The quantitative estimate of drug-likeness (QED) is 0.582. The summed E-state index contributed by atoms with van der Waals surface area (Å²) in [4.78, 5) is 11.0. The maximum atomic E-state index is 11.0. The molecule has 0 radical (unpaired) electrons. The maximum Gasteiger partial charge on any atom is 0.232 e. The summed E-state index contributed by atoms with van der Waals surface area (Å²) >= 11 is 0. The van der Waals surface area contributed by atoms with Crippen molar-refractivity contribution in [1.82, 2.24) is 5.32 Å². The van der Waals surface area contributed by atoms with E-state index in [4.69, 9.17) is 5.73 Å². The molecule has 4 nitrogen and oxygen atoms in total. The van der Waals surface area contributed by atoms with Gasteiger partial charge >= 0.3 is 0 Å². The maximum absolute atomic E-state index is 11.0. The Morgan fingerprint density at radius 2 is 2.25 bits per heavy atom. The van der Waals surface area contributed by atoms with Gasteiger partial charge in [0.1, 0.15) is 5.75 Å². The lowest BCUT2D eigenvalue weighted by molar-refractivity contribution is -0.118. The number of rotatable bonds is 5. The molecule has 12 heavy (non-hydrogen) atoms. The van der Waals surface area contributed by atoms with E-state index < -0.39 is 10.8 Å². The van der Waals surface area contributed by atoms with E-state index in [1.807, 2.05) is 0 Å². The molecule has 1 aliphatic rings. The second-order valence-electron chi connectivity index (χ2n) is 2.92. The molecule has 0 bridgehead atoms. The standard InChI is InChI=1S/C7H14N2O2S/c8-3-4-12(11)5-7(10)9-6-1-2-6/h6H,1-5,8H2,(H,9,10). The molecule has 0 aromatic heterocycles. The lowest BCUT2D eigenvalue weighted by atomic mass is 10.6. The first-order chi connectivity index (χ1) is 5.72. The number of hydrogen-bond acceptors (Lipinski definition) is 3. The summed E-state index contributed by atoms with van der Waals surface area (Å²) in [5.74, 6) is 0.412. The van der Waals surface area contributed by atoms with Gasteiger partial charge in [-0.05, 0) is 12.8 Å². The third-order valence-electron chi connectivity index (χ3n) is 1.58. The summed E-state index contributed by atoms with van der Waals surface area (Å²) in [6, 6.07) is 0.354. The molecule has 1 atom stereocenters. The third kappa shape index (κ3) is 3.82. The SMILES string of the molecule is NCCS(=O)CC(=O)NC1CC1. The number of nitrogens with one attached hydrogen (secondary N) is 1. The van der Waals surface area contributed by atoms with Crippen LogP contribution in [0.1, 0.15) is 12.8 Å². The Kier molecular flexibility index (Phi) is 3.68. The predicted molar refractivity (Wildman–Crippen MR) is 48.1 cm³/mol. The first kappa shape index (κ1) is 9.67. The van der Waals surface area contributed by atoms with Gasteiger partial charge in [-0.15, -0.1) is 0 Å². The van der Waals surface area contributed by atoms with Crippen molar-refractivity contribution in [1.29, 1.82) is 0 Å². The van der Waals surface area contributed by atoms with Gasteiger partial charge in [-0.25, -0.2) is 0 Å². The van der Waals surface area contributed by atoms with Gasteiger partial charge in [0.2, 0.25) is 5.91 Å². The molecule has 70 valence electrons. The van der Waals surface area contributed by atoms with Crippen LogP contribution in [0.25, 0.3) is 0 Å². The van der Waals surface area contributed by atoms with Gasteiger partial charge in [0.05, 0.1) is 0 Å². The molecule has 0 spiro atoms. The molecule has 0 aromatic rings. The Bertz CT molecular complexity index is 192. The minimum Gasteiger partial charge on any atom is -0.353 e. The van der Waals surface area contributed by atoms with Gasteiger partial charge in [0.25, 0.3) is 0 Å². The fourth-order valence-electron chi connectivity index (χ4n) is 0.847. The summed E-state index contributed by atoms with van der Waals surface area (Å²) < 4.78 is 11.0. The van der Waals surface area contributed by atoms with Crippen molar-refractivity contribution in [2.24, 2.45) is 5.73 Å². The molecule has 1 fully saturated rings. The van der Waals surface area contributed by atoms with Crippen LogP contribution in [-0.4, -0.2) is 34.2 Å². The predicted octanol–water partition coefficient (Wildman–Crippen LogP) is -1.03. The van der Waals surface area contributed by atoms with Crippen LogP contribution in [0.2, 0.25) is 0 Å². The van der Waals surface area contributed by atoms with Crippen LogP contribution in [0.4, 0.5) is 0 Å². The molecule has 5 heteroatoms. The highest BCUT2D eigenvalue weighted by Gasteiger charge is 2.23. The van der Waals surface area contributed by atoms with E-state index in [0.29, 0.717) is 18.3 Å². The van der Waals surface area contributed by atoms with Crippen LogP contribution in [0.3, 0.4) is 0 Å². The summed E-state index contributed by atoms with van der Waals surface area (Å²) in [5, 5.41) is 2.77. The van der Waals surface area contributed by atoms with Gasteiger partial charge in [-0.3, -0.25) is 9.00 Å². The molecule has 1 unspecified atom stereocenters. The molecule has 1 saturated carbocycles. The number of amides is 1. The smallest absolute Gasteiger partial charge is 0.232 e. The van der Waals surface area contributed by atoms with E-state index in [0.717, 1.165) is 12.8 Å². The fraction of sp³-hybridized carbons (Fsp3) is 0.857. The van der Waals surface area contributed by atoms with E-state index in [2.05, 4.69) is 5.32 Å². The van der Waals surface area contributed by atoms with Crippen LogP contribution in [0.15, 0.2) is 0 Å². The molecule has 3 N–H and O–H groups in total. The lowest BCUT2D eigenvalue weighted by Crippen LogP contribution is -2.31. The van der Waals surface area contributed by atoms with Gasteiger partial charge < -0.3 is 11.1 Å². The molecule has 1 rings (SSSR count). The van der Waals surface area contributed by atoms with Crippen LogP contribution in [0.5, 0.6) is 0 Å². The van der Waals surface area contributed by atoms with Gasteiger partial charge in [0, 0.05) is 29.1 Å². The zero-order chi connectivity index (χ0) is 8.97. The summed E-state index contributed by atoms with van der Waals surface area (Å²) in [7, 11) is -1.08. The number of hydrogen-bond donors (Lipinski definition) is 2. The number of nitrogens with two attached hydrogens (primary N) is 1. The molecular formula is C7H14N2O2S. The summed E-state index contributed by atoms with van der Waals surface area (Å²) in [6.45, 7) is 0.378. The van der Waals surface area contributed by atoms with Crippen LogP contribution in [-0.2, 0) is 15.6 Å². The monoisotopic (exact) mass is 190 g/mol. The Morgan fingerprint density at radius 3 is 2.75 bits per heavy atom. The highest BCUT2D eigenvalue weighted by Crippen LogP contribution is 2.18. The van der Waals surface area contributed by atoms with Crippen molar-refractivity contribution in [3.8, 4) is 0 Å². The van der Waals surface area contributed by atoms with E-state index in [1.54, 1.807) is 0 Å². The fourth-order valence-corrected chi connectivity index (χ4v) is 1.63. The molecule has 1 aliphatic carbocycles. The minimum atomic E-state index is -1.08. The first-order valence-corrected chi connectivity index (χ1v) is 5.55. The minimum absolute atomic E-state index is 0.105. The van der Waals surface area contributed by atoms with E-state index >= 15 is 0 Å². The normalized spacial score (nSPS) is 18.8. The molecule has 1 amide bonds. The van der Waals surface area contributed by atoms with E-state index in [1.165, 1.54) is 0 Å². The van der Waals surface area contributed by atoms with Crippen LogP contribution >= 0.6 is 0 Å². The largest absolute Gasteiger partial charge is 0.353 e. The van der Waals surface area contributed by atoms with Crippen molar-refractivity contribution < 1.29 is 9.00 Å². The lowest BCUT2D eigenvalue weighted by Gasteiger charge is -2.01. The first-order valence-electron chi connectivity index (χ1n) is 4.07. The van der Waals surface area contributed by atoms with Gasteiger partial charge in [-0.1, -0.05) is 0 Å². The molecular weight excluding hydrogens is 176 g/mol. The van der Waals surface area contributed by atoms with Crippen molar-refractivity contribution in [2.75, 3.05) is 18.1 Å². The van der Waals surface area contributed by atoms with Crippen LogP contribution in [0, 0.1) is 0 Å². The van der Waals surface area contributed by atoms with Crippen molar-refractivity contribution >= 4 is 16.7 Å². The Balaban J connectivity index is 2.11. The molecule has 0 saturated heterocycles. The second kappa shape index (κ2) is 4.57. The summed E-state index contributed by atoms with van der Waals surface area (Å²) in [5.41, 5.74) is 5.19. The average molecular weight is 190 g/mol. The average Bonchev–Trinajstić information content (AvgIpc) is 2.71. The number of carbonyl (C=O) groups excluding carboxylic acids is 1. The summed E-state index contributed by atoms with van der Waals surface area (Å²) in [6.07, 6.45) is 2.13. The highest BCUT2D eigenvalue weighted by atomic mass is 32.2. The zero-order valence-electron chi connectivity index (χ0n) is 6.91. The number of carbonyl (C=O) groups is 1. The Labute approximate surface area is 74.3 Å². The van der Waals surface area contributed by atoms with Crippen molar-refractivity contribution in [3.63, 3.8) is 0 Å². The second-order valence-corrected chi connectivity index (χ2v) is 4.50. The highest BCUT2D eigenvalue weighted by molar-refractivity contribution is 7.85. The van der Waals surface area contributed by atoms with Crippen molar-refractivity contribution in [2.45, 2.75) is 18.9 Å². The van der Waals surface area contributed by atoms with E-state index in [-0.39, 0.29) is 11.7 Å². The Hall–Kier alpha value is -0.420. The topological polar surface area (TPSA) is 72.2 Å². The molecule has 0 aliphatic heterocycles. The van der Waals surface area contributed by atoms with Crippen LogP contribution < -0.4 is 11.1 Å². The van der Waals surface area contributed by atoms with Gasteiger partial charge in [0.15, 0.2) is 0 Å². The van der Waals surface area contributed by atoms with Gasteiger partial charge in [-0.2, -0.15) is 0 Å². The molecule has 0 aromatic carbocycles. The Morgan fingerprint density at radius 1 is 1.58 bits per heavy atom. The van der Waals surface area contributed by atoms with Crippen molar-refractivity contribution in [3.05, 3.63) is 0 Å².